The van der Waals surface area contributed by atoms with Crippen LogP contribution in [-0.2, 0) is 0 Å². The van der Waals surface area contributed by atoms with Gasteiger partial charge in [0.25, 0.3) is 11.2 Å². The van der Waals surface area contributed by atoms with Gasteiger partial charge in [-0.2, -0.15) is 5.26 Å². The molecule has 156 valence electrons. The van der Waals surface area contributed by atoms with Crippen LogP contribution in [0.25, 0.3) is 5.69 Å². The third-order valence-electron chi connectivity index (χ3n) is 4.35. The van der Waals surface area contributed by atoms with Crippen molar-refractivity contribution in [1.82, 2.24) is 9.55 Å². The number of H-pyrrole nitrogens is 1. The summed E-state index contributed by atoms with van der Waals surface area (Å²) in [4.78, 5) is 41.5. The zero-order chi connectivity index (χ0) is 22.7. The number of nitro benzene ring substituents is 1. The van der Waals surface area contributed by atoms with Crippen molar-refractivity contribution in [2.75, 3.05) is 0 Å². The largest absolute Gasteiger partial charge is 0.493 e. The van der Waals surface area contributed by atoms with Crippen molar-refractivity contribution in [3.8, 4) is 17.0 Å². The van der Waals surface area contributed by atoms with E-state index >= 15 is 0 Å². The standard InChI is InChI=1S/C20H15N5O5S/c1-11-3-5-15(12(2)7-11)24-19(27)14(18(26)23-20(24)28)9-22-13-4-6-17(31-10-21)16(8-13)25(29)30/h3-9,27H,1-2H3,(H,23,26,28). The van der Waals surface area contributed by atoms with Crippen LogP contribution in [-0.4, -0.2) is 25.8 Å². The summed E-state index contributed by atoms with van der Waals surface area (Å²) in [5.41, 5.74) is -0.131. The van der Waals surface area contributed by atoms with Crippen LogP contribution in [0, 0.1) is 34.6 Å². The van der Waals surface area contributed by atoms with Crippen LogP contribution in [0.5, 0.6) is 5.88 Å². The van der Waals surface area contributed by atoms with Crippen LogP contribution in [0.4, 0.5) is 11.4 Å². The number of nitrogens with zero attached hydrogens (tertiary/aromatic N) is 4. The molecule has 0 spiro atoms. The highest BCUT2D eigenvalue weighted by Crippen LogP contribution is 2.32. The van der Waals surface area contributed by atoms with Crippen LogP contribution in [0.15, 0.2) is 55.9 Å². The number of nitro groups is 1. The van der Waals surface area contributed by atoms with Crippen molar-refractivity contribution >= 4 is 29.4 Å². The van der Waals surface area contributed by atoms with Gasteiger partial charge in [0.15, 0.2) is 0 Å². The van der Waals surface area contributed by atoms with Gasteiger partial charge < -0.3 is 5.11 Å². The number of aryl methyl sites for hydroxylation is 2. The number of thiocyanates is 1. The van der Waals surface area contributed by atoms with Crippen molar-refractivity contribution in [2.45, 2.75) is 18.7 Å². The summed E-state index contributed by atoms with van der Waals surface area (Å²) in [5, 5.41) is 32.4. The molecule has 10 nitrogen and oxygen atoms in total. The van der Waals surface area contributed by atoms with Gasteiger partial charge in [0.2, 0.25) is 5.88 Å². The van der Waals surface area contributed by atoms with E-state index in [1.165, 1.54) is 12.1 Å². The molecule has 0 saturated heterocycles. The lowest BCUT2D eigenvalue weighted by atomic mass is 10.1. The second-order valence-electron chi connectivity index (χ2n) is 6.48. The van der Waals surface area contributed by atoms with E-state index in [0.29, 0.717) is 23.0 Å². The minimum atomic E-state index is -0.863. The van der Waals surface area contributed by atoms with Gasteiger partial charge in [-0.3, -0.25) is 24.9 Å². The van der Waals surface area contributed by atoms with Gasteiger partial charge in [-0.05, 0) is 49.4 Å². The molecule has 3 rings (SSSR count). The Morgan fingerprint density at radius 2 is 2.00 bits per heavy atom. The highest BCUT2D eigenvalue weighted by Gasteiger charge is 2.17. The monoisotopic (exact) mass is 437 g/mol. The minimum Gasteiger partial charge on any atom is -0.493 e. The van der Waals surface area contributed by atoms with E-state index in [4.69, 9.17) is 5.26 Å². The van der Waals surface area contributed by atoms with Crippen molar-refractivity contribution < 1.29 is 10.0 Å². The predicted molar refractivity (Wildman–Crippen MR) is 116 cm³/mol. The number of aromatic amines is 1. The van der Waals surface area contributed by atoms with Crippen LogP contribution in [0.3, 0.4) is 0 Å². The molecule has 0 bridgehead atoms. The summed E-state index contributed by atoms with van der Waals surface area (Å²) in [6.07, 6.45) is 1.02. The van der Waals surface area contributed by atoms with Gasteiger partial charge in [-0.25, -0.2) is 9.36 Å². The van der Waals surface area contributed by atoms with Crippen LogP contribution >= 0.6 is 11.8 Å². The Morgan fingerprint density at radius 3 is 2.65 bits per heavy atom. The van der Waals surface area contributed by atoms with E-state index < -0.39 is 22.1 Å². The highest BCUT2D eigenvalue weighted by atomic mass is 32.2. The van der Waals surface area contributed by atoms with E-state index in [2.05, 4.69) is 9.98 Å². The Labute approximate surface area is 179 Å². The smallest absolute Gasteiger partial charge is 0.335 e. The number of aliphatic imine (C=N–C) groups is 1. The van der Waals surface area contributed by atoms with E-state index in [9.17, 15) is 24.8 Å². The molecule has 0 unspecified atom stereocenters. The summed E-state index contributed by atoms with van der Waals surface area (Å²) >= 11 is 0.641. The maximum atomic E-state index is 12.3. The zero-order valence-corrected chi connectivity index (χ0v) is 17.1. The van der Waals surface area contributed by atoms with Crippen molar-refractivity contribution in [3.05, 3.63) is 84.0 Å². The van der Waals surface area contributed by atoms with Gasteiger partial charge in [0.1, 0.15) is 15.9 Å². The first-order valence-electron chi connectivity index (χ1n) is 8.77. The maximum Gasteiger partial charge on any atom is 0.335 e. The molecular formula is C20H15N5O5S. The summed E-state index contributed by atoms with van der Waals surface area (Å²) in [5.74, 6) is -0.615. The lowest BCUT2D eigenvalue weighted by Gasteiger charge is -2.12. The first-order chi connectivity index (χ1) is 14.7. The van der Waals surface area contributed by atoms with Crippen LogP contribution in [0.2, 0.25) is 0 Å². The molecule has 1 aromatic heterocycles. The first kappa shape index (κ1) is 21.5. The van der Waals surface area contributed by atoms with Crippen LogP contribution < -0.4 is 11.2 Å². The topological polar surface area (TPSA) is 154 Å². The molecule has 1 heterocycles. The van der Waals surface area contributed by atoms with E-state index in [0.717, 1.165) is 22.4 Å². The van der Waals surface area contributed by atoms with E-state index in [1.807, 2.05) is 13.0 Å². The molecule has 3 aromatic rings. The molecule has 0 aliphatic heterocycles. The Balaban J connectivity index is 2.11. The predicted octanol–water partition coefficient (Wildman–Crippen LogP) is 3.08. The molecule has 2 aromatic carbocycles. The average Bonchev–Trinajstić information content (AvgIpc) is 2.70. The van der Waals surface area contributed by atoms with E-state index in [1.54, 1.807) is 24.5 Å². The summed E-state index contributed by atoms with van der Waals surface area (Å²) in [6, 6.07) is 9.14. The molecule has 0 aliphatic carbocycles. The third-order valence-corrected chi connectivity index (χ3v) is 5.01. The normalized spacial score (nSPS) is 10.9. The fourth-order valence-corrected chi connectivity index (χ4v) is 3.41. The van der Waals surface area contributed by atoms with Gasteiger partial charge in [-0.1, -0.05) is 17.7 Å². The summed E-state index contributed by atoms with van der Waals surface area (Å²) in [6.45, 7) is 3.64. The summed E-state index contributed by atoms with van der Waals surface area (Å²) < 4.78 is 0.951. The van der Waals surface area contributed by atoms with Gasteiger partial charge in [0, 0.05) is 12.3 Å². The maximum absolute atomic E-state index is 12.3. The molecule has 11 heteroatoms. The Kier molecular flexibility index (Phi) is 6.03. The highest BCUT2D eigenvalue weighted by molar-refractivity contribution is 8.03. The molecule has 0 radical (unpaired) electrons. The fraction of sp³-hybridized carbons (Fsp3) is 0.100. The summed E-state index contributed by atoms with van der Waals surface area (Å²) in [7, 11) is 0. The number of nitrogens with one attached hydrogen (secondary N) is 1. The average molecular weight is 437 g/mol. The number of aromatic nitrogens is 2. The first-order valence-corrected chi connectivity index (χ1v) is 9.59. The lowest BCUT2D eigenvalue weighted by Crippen LogP contribution is -2.31. The molecule has 0 amide bonds. The van der Waals surface area contributed by atoms with Crippen molar-refractivity contribution in [2.24, 2.45) is 4.99 Å². The Hall–Kier alpha value is -4.17. The minimum absolute atomic E-state index is 0.122. The molecule has 31 heavy (non-hydrogen) atoms. The Bertz CT molecular complexity index is 1380. The van der Waals surface area contributed by atoms with E-state index in [-0.39, 0.29) is 21.8 Å². The Morgan fingerprint density at radius 1 is 1.26 bits per heavy atom. The number of hydrogen-bond acceptors (Lipinski definition) is 8. The fourth-order valence-electron chi connectivity index (χ4n) is 2.94. The lowest BCUT2D eigenvalue weighted by molar-refractivity contribution is -0.387. The van der Waals surface area contributed by atoms with Gasteiger partial charge >= 0.3 is 5.69 Å². The quantitative estimate of drug-likeness (QED) is 0.204. The van der Waals surface area contributed by atoms with Crippen molar-refractivity contribution in [1.29, 1.82) is 5.26 Å². The molecule has 2 N–H and O–H groups in total. The second kappa shape index (κ2) is 8.68. The number of aromatic hydroxyl groups is 1. The molecule has 0 aliphatic rings. The van der Waals surface area contributed by atoms with Crippen LogP contribution in [0.1, 0.15) is 16.7 Å². The number of rotatable bonds is 5. The second-order valence-corrected chi connectivity index (χ2v) is 7.31. The number of hydrogen-bond donors (Lipinski definition) is 2. The molecule has 0 fully saturated rings. The number of nitriles is 1. The molecular weight excluding hydrogens is 422 g/mol. The third kappa shape index (κ3) is 4.39. The van der Waals surface area contributed by atoms with Gasteiger partial charge in [0.05, 0.1) is 16.3 Å². The molecule has 0 atom stereocenters. The SMILES string of the molecule is Cc1ccc(-n2c(O)c(C=Nc3ccc(SC#N)c([N+](=O)[O-])c3)c(=O)[nH]c2=O)c(C)c1. The number of benzene rings is 2. The van der Waals surface area contributed by atoms with Crippen molar-refractivity contribution in [3.63, 3.8) is 0 Å². The zero-order valence-electron chi connectivity index (χ0n) is 16.3. The molecule has 0 saturated carbocycles. The number of thioether (sulfide) groups is 1. The van der Waals surface area contributed by atoms with Gasteiger partial charge in [-0.15, -0.1) is 0 Å².